The largest absolute Gasteiger partial charge is 0.496 e. The molecule has 0 amide bonds. The number of fused-ring (bicyclic) bond motifs is 5. The molecule has 0 spiro atoms. The van der Waals surface area contributed by atoms with Gasteiger partial charge in [0.05, 0.1) is 37.3 Å². The van der Waals surface area contributed by atoms with E-state index in [-0.39, 0.29) is 35.8 Å². The van der Waals surface area contributed by atoms with E-state index in [1.807, 2.05) is 6.07 Å². The maximum atomic E-state index is 13.1. The van der Waals surface area contributed by atoms with Crippen LogP contribution in [0, 0.1) is 23.7 Å². The van der Waals surface area contributed by atoms with Crippen LogP contribution in [0.15, 0.2) is 18.2 Å². The molecule has 0 aromatic heterocycles. The molecule has 25 heavy (non-hydrogen) atoms. The second kappa shape index (κ2) is 5.98. The molecule has 130 valence electrons. The number of Topliss-reactive ketones (excluding diaryl/α,β-unsaturated/α-hetero) is 2. The van der Waals surface area contributed by atoms with E-state index >= 15 is 0 Å². The van der Waals surface area contributed by atoms with Gasteiger partial charge in [0.1, 0.15) is 11.7 Å². The lowest BCUT2D eigenvalue weighted by Gasteiger charge is -2.24. The molecule has 2 bridgehead atoms. The molecule has 1 aromatic carbocycles. The van der Waals surface area contributed by atoms with Crippen molar-refractivity contribution in [1.29, 1.82) is 0 Å². The van der Waals surface area contributed by atoms with Gasteiger partial charge < -0.3 is 14.2 Å². The number of methoxy groups -OCH3 is 2. The number of ketones is 2. The van der Waals surface area contributed by atoms with Crippen LogP contribution in [0.2, 0.25) is 0 Å². The third-order valence-electron chi connectivity index (χ3n) is 5.65. The molecule has 4 rings (SSSR count). The quantitative estimate of drug-likeness (QED) is 0.619. The summed E-state index contributed by atoms with van der Waals surface area (Å²) in [6.07, 6.45) is 0.0529. The molecule has 3 aliphatic rings. The van der Waals surface area contributed by atoms with Crippen molar-refractivity contribution in [1.82, 2.24) is 0 Å². The molecule has 1 aromatic rings. The van der Waals surface area contributed by atoms with Crippen molar-refractivity contribution in [2.75, 3.05) is 14.2 Å². The first kappa shape index (κ1) is 16.3. The van der Waals surface area contributed by atoms with Gasteiger partial charge in [0, 0.05) is 24.7 Å². The molecule has 5 heteroatoms. The minimum atomic E-state index is -0.780. The highest BCUT2D eigenvalue weighted by molar-refractivity contribution is 6.17. The van der Waals surface area contributed by atoms with Gasteiger partial charge in [-0.2, -0.15) is 0 Å². The molecule has 2 heterocycles. The number of benzene rings is 1. The van der Waals surface area contributed by atoms with Crippen molar-refractivity contribution < 1.29 is 23.8 Å². The predicted molar refractivity (Wildman–Crippen MR) is 89.4 cm³/mol. The highest BCUT2D eigenvalue weighted by Crippen LogP contribution is 2.53. The summed E-state index contributed by atoms with van der Waals surface area (Å²) in [5.74, 6) is 4.67. The van der Waals surface area contributed by atoms with Crippen LogP contribution in [0.3, 0.4) is 0 Å². The predicted octanol–water partition coefficient (Wildman–Crippen LogP) is 1.72. The summed E-state index contributed by atoms with van der Waals surface area (Å²) in [7, 11) is 3.17. The average molecular weight is 340 g/mol. The number of hydrogen-bond acceptors (Lipinski definition) is 5. The van der Waals surface area contributed by atoms with Crippen LogP contribution in [0.4, 0.5) is 0 Å². The lowest BCUT2D eigenvalue weighted by Crippen LogP contribution is -2.39. The molecule has 1 aliphatic carbocycles. The fourth-order valence-electron chi connectivity index (χ4n) is 4.62. The molecule has 5 nitrogen and oxygen atoms in total. The molecule has 6 atom stereocenters. The Bertz CT molecular complexity index is 802. The third-order valence-corrected chi connectivity index (χ3v) is 5.65. The van der Waals surface area contributed by atoms with Crippen LogP contribution in [-0.2, 0) is 19.1 Å². The van der Waals surface area contributed by atoms with Crippen LogP contribution < -0.4 is 4.74 Å². The van der Waals surface area contributed by atoms with Crippen molar-refractivity contribution in [3.05, 3.63) is 29.3 Å². The minimum absolute atomic E-state index is 0.0512. The van der Waals surface area contributed by atoms with E-state index in [9.17, 15) is 9.59 Å². The van der Waals surface area contributed by atoms with Gasteiger partial charge in [0.15, 0.2) is 11.6 Å². The van der Waals surface area contributed by atoms with E-state index in [0.29, 0.717) is 17.7 Å². The van der Waals surface area contributed by atoms with Gasteiger partial charge in [0.2, 0.25) is 0 Å². The summed E-state index contributed by atoms with van der Waals surface area (Å²) < 4.78 is 16.7. The number of carbonyl (C=O) groups excluding carboxylic acids is 2. The minimum Gasteiger partial charge on any atom is -0.496 e. The van der Waals surface area contributed by atoms with E-state index in [1.165, 1.54) is 0 Å². The Morgan fingerprint density at radius 3 is 2.60 bits per heavy atom. The molecule has 0 N–H and O–H groups in total. The van der Waals surface area contributed by atoms with Gasteiger partial charge in [0.25, 0.3) is 0 Å². The van der Waals surface area contributed by atoms with Crippen molar-refractivity contribution in [3.8, 4) is 17.6 Å². The van der Waals surface area contributed by atoms with Crippen LogP contribution in [0.1, 0.15) is 30.4 Å². The van der Waals surface area contributed by atoms with E-state index in [0.717, 1.165) is 5.56 Å². The number of hydrogen-bond donors (Lipinski definition) is 0. The lowest BCUT2D eigenvalue weighted by atomic mass is 9.79. The summed E-state index contributed by atoms with van der Waals surface area (Å²) in [5.41, 5.74) is 1.42. The lowest BCUT2D eigenvalue weighted by molar-refractivity contribution is -0.128. The summed E-state index contributed by atoms with van der Waals surface area (Å²) in [4.78, 5) is 26.1. The Kier molecular flexibility index (Phi) is 3.90. The molecular weight excluding hydrogens is 320 g/mol. The van der Waals surface area contributed by atoms with Gasteiger partial charge >= 0.3 is 0 Å². The second-order valence-electron chi connectivity index (χ2n) is 6.77. The van der Waals surface area contributed by atoms with E-state index < -0.39 is 11.8 Å². The molecular formula is C20H20O5. The highest BCUT2D eigenvalue weighted by atomic mass is 16.6. The van der Waals surface area contributed by atoms with E-state index in [4.69, 9.17) is 14.2 Å². The second-order valence-corrected chi connectivity index (χ2v) is 6.77. The van der Waals surface area contributed by atoms with Gasteiger partial charge in [-0.25, -0.2) is 0 Å². The smallest absolute Gasteiger partial charge is 0.154 e. The van der Waals surface area contributed by atoms with E-state index in [1.54, 1.807) is 33.3 Å². The van der Waals surface area contributed by atoms with Crippen LogP contribution in [0.25, 0.3) is 0 Å². The van der Waals surface area contributed by atoms with Crippen molar-refractivity contribution in [2.24, 2.45) is 11.8 Å². The topological polar surface area (TPSA) is 61.8 Å². The van der Waals surface area contributed by atoms with Crippen LogP contribution >= 0.6 is 0 Å². The zero-order valence-corrected chi connectivity index (χ0v) is 14.4. The molecule has 2 saturated heterocycles. The zero-order valence-electron chi connectivity index (χ0n) is 14.4. The monoisotopic (exact) mass is 340 g/mol. The SMILES string of the molecule is CC#Cc1ccc(C2C(=O)[C@@H]3C4OC(C[C@@H]4OC)[C@@H]3C2=O)c(OC)c1. The fraction of sp³-hybridized carbons (Fsp3) is 0.500. The summed E-state index contributed by atoms with van der Waals surface area (Å²) >= 11 is 0. The fourth-order valence-corrected chi connectivity index (χ4v) is 4.62. The van der Waals surface area contributed by atoms with Crippen LogP contribution in [0.5, 0.6) is 5.75 Å². The first-order valence-corrected chi connectivity index (χ1v) is 8.47. The van der Waals surface area contributed by atoms with Gasteiger partial charge in [-0.05, 0) is 19.1 Å². The normalized spacial score (nSPS) is 35.5. The molecule has 3 unspecified atom stereocenters. The Balaban J connectivity index is 1.72. The number of ether oxygens (including phenoxy) is 3. The number of rotatable bonds is 3. The Hall–Kier alpha value is -2.16. The highest BCUT2D eigenvalue weighted by Gasteiger charge is 2.66. The average Bonchev–Trinajstić information content (AvgIpc) is 3.27. The standard InChI is InChI=1S/C20H20O5/c1-4-5-10-6-7-11(12(8-10)23-2)15-18(21)16-13-9-14(24-3)20(25-13)17(16)19(15)22/h6-8,13-17,20H,9H2,1-3H3/t13?,14-,15?,16-,17+,20?/m0/s1. The Labute approximate surface area is 146 Å². The first-order valence-electron chi connectivity index (χ1n) is 8.47. The zero-order chi connectivity index (χ0) is 17.7. The Morgan fingerprint density at radius 1 is 1.16 bits per heavy atom. The molecule has 2 aliphatic heterocycles. The van der Waals surface area contributed by atoms with Gasteiger partial charge in [-0.1, -0.05) is 12.0 Å². The summed E-state index contributed by atoms with van der Waals surface area (Å²) in [6.45, 7) is 1.76. The summed E-state index contributed by atoms with van der Waals surface area (Å²) in [5, 5.41) is 0. The molecule has 0 radical (unpaired) electrons. The third kappa shape index (κ3) is 2.25. The van der Waals surface area contributed by atoms with Gasteiger partial charge in [-0.15, -0.1) is 5.92 Å². The molecule has 3 fully saturated rings. The van der Waals surface area contributed by atoms with E-state index in [2.05, 4.69) is 11.8 Å². The van der Waals surface area contributed by atoms with Gasteiger partial charge in [-0.3, -0.25) is 9.59 Å². The summed E-state index contributed by atoms with van der Waals surface area (Å²) in [6, 6.07) is 5.40. The van der Waals surface area contributed by atoms with Crippen LogP contribution in [-0.4, -0.2) is 44.1 Å². The maximum absolute atomic E-state index is 13.1. The molecule has 1 saturated carbocycles. The Morgan fingerprint density at radius 2 is 1.92 bits per heavy atom. The van der Waals surface area contributed by atoms with Crippen molar-refractivity contribution >= 4 is 11.6 Å². The van der Waals surface area contributed by atoms with Crippen molar-refractivity contribution in [2.45, 2.75) is 37.6 Å². The first-order chi connectivity index (χ1) is 12.1. The number of carbonyl (C=O) groups is 2. The van der Waals surface area contributed by atoms with Crippen molar-refractivity contribution in [3.63, 3.8) is 0 Å². The maximum Gasteiger partial charge on any atom is 0.154 e.